The molecule has 0 bridgehead atoms. The number of nitrogens with zero attached hydrogens (tertiary/aromatic N) is 3. The fourth-order valence-corrected chi connectivity index (χ4v) is 6.71. The standard InChI is InChI=1S/C25H25F3N4O3S/c1-13-4-15(9-18(5-13)31-23-29-3-2-20(32-23)25(26,27)28)19-12-30-22(36-19)24(35)10-16-6-14(8-21(33)34)7-17(16)11-24/h2-5,9,12,14,16-17,35H,6-8,10-11H2,1H3,(H,33,34)(H,29,31,32). The van der Waals surface area contributed by atoms with Crippen molar-refractivity contribution >= 4 is 28.9 Å². The van der Waals surface area contributed by atoms with Crippen LogP contribution in [0, 0.1) is 24.7 Å². The number of aliphatic carboxylic acids is 1. The van der Waals surface area contributed by atoms with Gasteiger partial charge in [-0.1, -0.05) is 6.07 Å². The Labute approximate surface area is 209 Å². The number of benzene rings is 1. The van der Waals surface area contributed by atoms with Gasteiger partial charge in [0, 0.05) is 24.5 Å². The van der Waals surface area contributed by atoms with Gasteiger partial charge in [-0.05, 0) is 79.7 Å². The minimum atomic E-state index is -4.56. The lowest BCUT2D eigenvalue weighted by molar-refractivity contribution is -0.141. The normalized spacial score (nSPS) is 25.6. The summed E-state index contributed by atoms with van der Waals surface area (Å²) in [5.41, 5.74) is 0.192. The largest absolute Gasteiger partial charge is 0.481 e. The van der Waals surface area contributed by atoms with Gasteiger partial charge >= 0.3 is 12.1 Å². The van der Waals surface area contributed by atoms with Gasteiger partial charge < -0.3 is 15.5 Å². The van der Waals surface area contributed by atoms with Gasteiger partial charge in [0.15, 0.2) is 0 Å². The highest BCUT2D eigenvalue weighted by molar-refractivity contribution is 7.15. The van der Waals surface area contributed by atoms with Gasteiger partial charge in [-0.25, -0.2) is 15.0 Å². The maximum atomic E-state index is 13.0. The quantitative estimate of drug-likeness (QED) is 0.380. The molecular formula is C25H25F3N4O3S. The number of hydrogen-bond donors (Lipinski definition) is 3. The van der Waals surface area contributed by atoms with Crippen LogP contribution in [-0.4, -0.2) is 31.1 Å². The van der Waals surface area contributed by atoms with Gasteiger partial charge in [0.2, 0.25) is 5.95 Å². The van der Waals surface area contributed by atoms with Gasteiger partial charge in [0.1, 0.15) is 16.3 Å². The highest BCUT2D eigenvalue weighted by Crippen LogP contribution is 2.55. The second-order valence-corrected chi connectivity index (χ2v) is 10.9. The topological polar surface area (TPSA) is 108 Å². The Hall–Kier alpha value is -3.05. The molecule has 0 amide bonds. The van der Waals surface area contributed by atoms with E-state index in [9.17, 15) is 23.1 Å². The van der Waals surface area contributed by atoms with E-state index in [1.807, 2.05) is 13.0 Å². The molecular weight excluding hydrogens is 493 g/mol. The van der Waals surface area contributed by atoms with Crippen LogP contribution in [0.15, 0.2) is 36.7 Å². The van der Waals surface area contributed by atoms with E-state index >= 15 is 0 Å². The van der Waals surface area contributed by atoms with Crippen molar-refractivity contribution in [2.75, 3.05) is 5.32 Å². The summed E-state index contributed by atoms with van der Waals surface area (Å²) in [6.07, 6.45) is 1.19. The van der Waals surface area contributed by atoms with Crippen molar-refractivity contribution in [2.24, 2.45) is 17.8 Å². The lowest BCUT2D eigenvalue weighted by atomic mass is 9.93. The van der Waals surface area contributed by atoms with Crippen LogP contribution in [0.3, 0.4) is 0 Å². The molecule has 2 fully saturated rings. The number of halogens is 3. The predicted molar refractivity (Wildman–Crippen MR) is 128 cm³/mol. The summed E-state index contributed by atoms with van der Waals surface area (Å²) in [6, 6.07) is 6.34. The van der Waals surface area contributed by atoms with Crippen molar-refractivity contribution < 1.29 is 28.2 Å². The van der Waals surface area contributed by atoms with Crippen LogP contribution in [0.25, 0.3) is 10.4 Å². The zero-order valence-corrected chi connectivity index (χ0v) is 20.2. The number of carboxylic acids is 1. The summed E-state index contributed by atoms with van der Waals surface area (Å²) in [5.74, 6) is -0.151. The summed E-state index contributed by atoms with van der Waals surface area (Å²) in [5, 5.41) is 24.0. The molecule has 2 aliphatic rings. The molecule has 5 rings (SSSR count). The lowest BCUT2D eigenvalue weighted by Gasteiger charge is -2.22. The van der Waals surface area contributed by atoms with Crippen molar-refractivity contribution in [3.05, 3.63) is 52.9 Å². The first kappa shape index (κ1) is 24.6. The average molecular weight is 519 g/mol. The van der Waals surface area contributed by atoms with E-state index in [-0.39, 0.29) is 18.3 Å². The zero-order valence-electron chi connectivity index (χ0n) is 19.4. The number of carbonyl (C=O) groups is 1. The van der Waals surface area contributed by atoms with Gasteiger partial charge in [-0.3, -0.25) is 4.79 Å². The van der Waals surface area contributed by atoms with Crippen molar-refractivity contribution in [3.63, 3.8) is 0 Å². The maximum Gasteiger partial charge on any atom is 0.433 e. The first-order chi connectivity index (χ1) is 17.0. The van der Waals surface area contributed by atoms with E-state index < -0.39 is 23.4 Å². The molecule has 11 heteroatoms. The van der Waals surface area contributed by atoms with E-state index in [1.54, 1.807) is 18.3 Å². The molecule has 0 spiro atoms. The Morgan fingerprint density at radius 3 is 2.58 bits per heavy atom. The van der Waals surface area contributed by atoms with Gasteiger partial charge in [-0.15, -0.1) is 11.3 Å². The van der Waals surface area contributed by atoms with Crippen LogP contribution >= 0.6 is 11.3 Å². The summed E-state index contributed by atoms with van der Waals surface area (Å²) >= 11 is 1.40. The summed E-state index contributed by atoms with van der Waals surface area (Å²) < 4.78 is 39.0. The third kappa shape index (κ3) is 5.08. The second-order valence-electron chi connectivity index (χ2n) is 9.90. The Balaban J connectivity index is 1.33. The number of rotatable bonds is 6. The van der Waals surface area contributed by atoms with Gasteiger partial charge in [0.05, 0.1) is 4.88 Å². The number of hydrogen-bond acceptors (Lipinski definition) is 7. The molecule has 2 saturated carbocycles. The molecule has 7 nitrogen and oxygen atoms in total. The van der Waals surface area contributed by atoms with Crippen molar-refractivity contribution in [1.82, 2.24) is 15.0 Å². The molecule has 2 aromatic heterocycles. The van der Waals surface area contributed by atoms with E-state index in [0.717, 1.165) is 41.1 Å². The molecule has 0 saturated heterocycles. The van der Waals surface area contributed by atoms with Crippen molar-refractivity contribution in [2.45, 2.75) is 50.8 Å². The summed E-state index contributed by atoms with van der Waals surface area (Å²) in [4.78, 5) is 23.9. The molecule has 190 valence electrons. The fourth-order valence-electron chi connectivity index (χ4n) is 5.70. The van der Waals surface area contributed by atoms with Gasteiger partial charge in [0.25, 0.3) is 0 Å². The summed E-state index contributed by atoms with van der Waals surface area (Å²) in [7, 11) is 0. The Bertz CT molecular complexity index is 1280. The highest BCUT2D eigenvalue weighted by atomic mass is 32.1. The molecule has 0 aliphatic heterocycles. The Kier molecular flexibility index (Phi) is 6.24. The first-order valence-corrected chi connectivity index (χ1v) is 12.5. The third-order valence-corrected chi connectivity index (χ3v) is 8.31. The maximum absolute atomic E-state index is 13.0. The number of carboxylic acid groups (broad SMARTS) is 1. The number of anilines is 2. The molecule has 3 aromatic rings. The van der Waals surface area contributed by atoms with Crippen LogP contribution in [0.5, 0.6) is 0 Å². The van der Waals surface area contributed by atoms with Crippen LogP contribution in [-0.2, 0) is 16.6 Å². The van der Waals surface area contributed by atoms with Crippen LogP contribution in [0.1, 0.15) is 48.4 Å². The van der Waals surface area contributed by atoms with Crippen molar-refractivity contribution in [3.8, 4) is 10.4 Å². The van der Waals surface area contributed by atoms with Gasteiger partial charge in [-0.2, -0.15) is 13.2 Å². The minimum absolute atomic E-state index is 0.153. The average Bonchev–Trinajstić information content (AvgIpc) is 3.47. The SMILES string of the molecule is Cc1cc(Nc2nccc(C(F)(F)F)n2)cc(-c2cnc(C3(O)CC4CC(CC(=O)O)CC4C3)s2)c1. The molecule has 36 heavy (non-hydrogen) atoms. The number of fused-ring (bicyclic) bond motifs is 1. The van der Waals surface area contributed by atoms with E-state index in [0.29, 0.717) is 35.4 Å². The Morgan fingerprint density at radius 2 is 1.92 bits per heavy atom. The predicted octanol–water partition coefficient (Wildman–Crippen LogP) is 5.77. The zero-order chi connectivity index (χ0) is 25.7. The fraction of sp³-hybridized carbons (Fsp3) is 0.440. The number of nitrogens with one attached hydrogen (secondary N) is 1. The minimum Gasteiger partial charge on any atom is -0.481 e. The molecule has 3 N–H and O–H groups in total. The number of aliphatic hydroxyl groups is 1. The number of thiazole rings is 1. The molecule has 1 aromatic carbocycles. The first-order valence-electron chi connectivity index (χ1n) is 11.7. The van der Waals surface area contributed by atoms with Crippen LogP contribution in [0.4, 0.5) is 24.8 Å². The van der Waals surface area contributed by atoms with E-state index in [4.69, 9.17) is 5.11 Å². The molecule has 2 heterocycles. The smallest absolute Gasteiger partial charge is 0.433 e. The van der Waals surface area contributed by atoms with Crippen LogP contribution in [0.2, 0.25) is 0 Å². The van der Waals surface area contributed by atoms with E-state index in [1.165, 1.54) is 11.3 Å². The monoisotopic (exact) mass is 518 g/mol. The molecule has 2 aliphatic carbocycles. The number of aromatic nitrogens is 3. The number of alkyl halides is 3. The lowest BCUT2D eigenvalue weighted by Crippen LogP contribution is -2.23. The molecule has 2 unspecified atom stereocenters. The number of aryl methyl sites for hydroxylation is 1. The molecule has 2 atom stereocenters. The van der Waals surface area contributed by atoms with Crippen LogP contribution < -0.4 is 5.32 Å². The van der Waals surface area contributed by atoms with E-state index in [2.05, 4.69) is 20.3 Å². The third-order valence-electron chi connectivity index (χ3n) is 7.07. The van der Waals surface area contributed by atoms with Crippen molar-refractivity contribution in [1.29, 1.82) is 0 Å². The highest BCUT2D eigenvalue weighted by Gasteiger charge is 2.51. The molecule has 0 radical (unpaired) electrons. The second kappa shape index (κ2) is 9.11. The summed E-state index contributed by atoms with van der Waals surface area (Å²) in [6.45, 7) is 1.88. The Morgan fingerprint density at radius 1 is 1.19 bits per heavy atom.